The summed E-state index contributed by atoms with van der Waals surface area (Å²) in [5.41, 5.74) is 8.50. The van der Waals surface area contributed by atoms with E-state index in [0.717, 1.165) is 22.4 Å². The lowest BCUT2D eigenvalue weighted by Gasteiger charge is -2.24. The summed E-state index contributed by atoms with van der Waals surface area (Å²) in [6.45, 7) is 5.87. The Bertz CT molecular complexity index is 1190. The first-order chi connectivity index (χ1) is 14.0. The lowest BCUT2D eigenvalue weighted by molar-refractivity contribution is 0.101. The summed E-state index contributed by atoms with van der Waals surface area (Å²) >= 11 is 0. The number of hydrogen-bond donors (Lipinski definition) is 0. The second-order valence-corrected chi connectivity index (χ2v) is 8.11. The van der Waals surface area contributed by atoms with Crippen molar-refractivity contribution in [2.75, 3.05) is 0 Å². The Balaban J connectivity index is 1.81. The predicted molar refractivity (Wildman–Crippen MR) is 117 cm³/mol. The molecule has 1 aliphatic heterocycles. The second kappa shape index (κ2) is 6.31. The molecule has 2 nitrogen and oxygen atoms in total. The number of ketones is 1. The van der Waals surface area contributed by atoms with Gasteiger partial charge < -0.3 is 4.74 Å². The first-order valence-electron chi connectivity index (χ1n) is 9.92. The molecule has 29 heavy (non-hydrogen) atoms. The molecule has 142 valence electrons. The minimum atomic E-state index is -0.450. The van der Waals surface area contributed by atoms with Crippen LogP contribution in [-0.4, -0.2) is 11.4 Å². The molecule has 3 aromatic rings. The van der Waals surface area contributed by atoms with Gasteiger partial charge in [-0.1, -0.05) is 78.9 Å². The molecule has 2 aliphatic rings. The van der Waals surface area contributed by atoms with Crippen molar-refractivity contribution in [3.63, 3.8) is 0 Å². The van der Waals surface area contributed by atoms with Gasteiger partial charge in [-0.15, -0.1) is 0 Å². The fourth-order valence-electron chi connectivity index (χ4n) is 4.47. The van der Waals surface area contributed by atoms with E-state index in [0.29, 0.717) is 0 Å². The van der Waals surface area contributed by atoms with Crippen LogP contribution in [0.25, 0.3) is 16.9 Å². The lowest BCUT2D eigenvalue weighted by atomic mass is 9.88. The van der Waals surface area contributed by atoms with Gasteiger partial charge in [-0.3, -0.25) is 4.79 Å². The first kappa shape index (κ1) is 17.7. The molecule has 0 N–H and O–H groups in total. The monoisotopic (exact) mass is 378 g/mol. The zero-order valence-electron chi connectivity index (χ0n) is 16.8. The topological polar surface area (TPSA) is 26.3 Å². The van der Waals surface area contributed by atoms with Crippen LogP contribution in [0.5, 0.6) is 0 Å². The summed E-state index contributed by atoms with van der Waals surface area (Å²) in [5.74, 6) is 1.02. The van der Waals surface area contributed by atoms with Crippen molar-refractivity contribution in [3.8, 4) is 0 Å². The highest BCUT2D eigenvalue weighted by Crippen LogP contribution is 2.57. The van der Waals surface area contributed by atoms with Gasteiger partial charge >= 0.3 is 0 Å². The molecule has 1 aliphatic carbocycles. The highest BCUT2D eigenvalue weighted by Gasteiger charge is 2.45. The average Bonchev–Trinajstić information content (AvgIpc) is 3.22. The molecular weight excluding hydrogens is 356 g/mol. The zero-order valence-corrected chi connectivity index (χ0v) is 16.8. The quantitative estimate of drug-likeness (QED) is 0.494. The third kappa shape index (κ3) is 2.67. The van der Waals surface area contributed by atoms with Crippen molar-refractivity contribution in [3.05, 3.63) is 112 Å². The van der Waals surface area contributed by atoms with E-state index in [1.165, 1.54) is 27.8 Å². The standard InChI is InChI=1S/C27H22O2/c1-17(28)18-13-15-19(16-14-18)23-21-11-7-8-12-22(21)24-25(23)27(2,3)29-26(24)20-9-5-4-6-10-20/h4-16H,1-3H3. The van der Waals surface area contributed by atoms with E-state index in [1.54, 1.807) is 6.92 Å². The number of rotatable bonds is 3. The maximum Gasteiger partial charge on any atom is 0.159 e. The number of fused-ring (bicyclic) bond motifs is 3. The molecule has 0 bridgehead atoms. The molecule has 0 saturated carbocycles. The molecule has 0 fully saturated rings. The number of Topliss-reactive ketones (excluding diaryl/α,β-unsaturated/α-hetero) is 1. The molecular formula is C27H22O2. The number of benzene rings is 3. The molecule has 5 rings (SSSR count). The maximum atomic E-state index is 11.7. The van der Waals surface area contributed by atoms with E-state index in [2.05, 4.69) is 62.4 Å². The van der Waals surface area contributed by atoms with E-state index < -0.39 is 5.60 Å². The van der Waals surface area contributed by atoms with Gasteiger partial charge in [0.05, 0.1) is 0 Å². The smallest absolute Gasteiger partial charge is 0.159 e. The molecule has 2 heteroatoms. The summed E-state index contributed by atoms with van der Waals surface area (Å²) in [6, 6.07) is 26.8. The average molecular weight is 378 g/mol. The summed E-state index contributed by atoms with van der Waals surface area (Å²) in [6.07, 6.45) is 0. The zero-order chi connectivity index (χ0) is 20.2. The number of ether oxygens (including phenoxy) is 1. The fourth-order valence-corrected chi connectivity index (χ4v) is 4.47. The van der Waals surface area contributed by atoms with Crippen molar-refractivity contribution in [2.45, 2.75) is 26.4 Å². The van der Waals surface area contributed by atoms with Gasteiger partial charge in [0.1, 0.15) is 11.4 Å². The fraction of sp³-hybridized carbons (Fsp3) is 0.148. The Morgan fingerprint density at radius 3 is 1.93 bits per heavy atom. The van der Waals surface area contributed by atoms with Gasteiger partial charge in [0, 0.05) is 22.3 Å². The molecule has 0 atom stereocenters. The van der Waals surface area contributed by atoms with Crippen LogP contribution >= 0.6 is 0 Å². The Morgan fingerprint density at radius 1 is 0.724 bits per heavy atom. The molecule has 0 aromatic heterocycles. The van der Waals surface area contributed by atoms with Crippen LogP contribution < -0.4 is 0 Å². The molecule has 0 spiro atoms. The Hall–Kier alpha value is -3.39. The lowest BCUT2D eigenvalue weighted by Crippen LogP contribution is -2.21. The Kier molecular flexibility index (Phi) is 3.85. The highest BCUT2D eigenvalue weighted by molar-refractivity contribution is 6.14. The molecule has 3 aromatic carbocycles. The van der Waals surface area contributed by atoms with Crippen LogP contribution in [0.1, 0.15) is 53.4 Å². The third-order valence-corrected chi connectivity index (χ3v) is 5.77. The van der Waals surface area contributed by atoms with Crippen molar-refractivity contribution in [2.24, 2.45) is 0 Å². The van der Waals surface area contributed by atoms with Gasteiger partial charge in [-0.25, -0.2) is 0 Å². The summed E-state index contributed by atoms with van der Waals surface area (Å²) in [4.78, 5) is 11.7. The predicted octanol–water partition coefficient (Wildman–Crippen LogP) is 6.38. The van der Waals surface area contributed by atoms with Gasteiger partial charge in [-0.05, 0) is 43.0 Å². The van der Waals surface area contributed by atoms with Crippen LogP contribution in [0.2, 0.25) is 0 Å². The number of carbonyl (C=O) groups excluding carboxylic acids is 1. The van der Waals surface area contributed by atoms with Crippen molar-refractivity contribution in [1.82, 2.24) is 0 Å². The van der Waals surface area contributed by atoms with Gasteiger partial charge in [0.25, 0.3) is 0 Å². The van der Waals surface area contributed by atoms with E-state index in [1.807, 2.05) is 30.3 Å². The minimum absolute atomic E-state index is 0.0810. The van der Waals surface area contributed by atoms with E-state index in [4.69, 9.17) is 4.74 Å². The van der Waals surface area contributed by atoms with Crippen molar-refractivity contribution >= 4 is 22.7 Å². The summed E-state index contributed by atoms with van der Waals surface area (Å²) < 4.78 is 6.54. The number of hydrogen-bond acceptors (Lipinski definition) is 2. The van der Waals surface area contributed by atoms with Crippen LogP contribution in [-0.2, 0) is 4.74 Å². The maximum absolute atomic E-state index is 11.7. The summed E-state index contributed by atoms with van der Waals surface area (Å²) in [7, 11) is 0. The molecule has 0 saturated heterocycles. The second-order valence-electron chi connectivity index (χ2n) is 8.11. The Labute approximate surface area is 171 Å². The van der Waals surface area contributed by atoms with E-state index >= 15 is 0 Å². The van der Waals surface area contributed by atoms with E-state index in [9.17, 15) is 4.79 Å². The molecule has 0 unspecified atom stereocenters. The molecule has 0 radical (unpaired) electrons. The summed E-state index contributed by atoms with van der Waals surface area (Å²) in [5, 5.41) is 0. The van der Waals surface area contributed by atoms with Gasteiger partial charge in [0.15, 0.2) is 5.78 Å². The third-order valence-electron chi connectivity index (χ3n) is 5.77. The van der Waals surface area contributed by atoms with Crippen LogP contribution in [0.3, 0.4) is 0 Å². The molecule has 0 amide bonds. The minimum Gasteiger partial charge on any atom is -0.482 e. The normalized spacial score (nSPS) is 16.5. The van der Waals surface area contributed by atoms with Crippen LogP contribution in [0.15, 0.2) is 84.4 Å². The van der Waals surface area contributed by atoms with Crippen molar-refractivity contribution in [1.29, 1.82) is 0 Å². The van der Waals surface area contributed by atoms with Crippen molar-refractivity contribution < 1.29 is 9.53 Å². The SMILES string of the molecule is CC(=O)c1ccc(C2=C3C(=C(c4ccccc4)OC3(C)C)c3ccccc32)cc1. The highest BCUT2D eigenvalue weighted by atomic mass is 16.5. The molecule has 1 heterocycles. The first-order valence-corrected chi connectivity index (χ1v) is 9.92. The van der Waals surface area contributed by atoms with Crippen LogP contribution in [0.4, 0.5) is 0 Å². The number of carbonyl (C=O) groups is 1. The van der Waals surface area contributed by atoms with E-state index in [-0.39, 0.29) is 5.78 Å². The van der Waals surface area contributed by atoms with Gasteiger partial charge in [0.2, 0.25) is 0 Å². The van der Waals surface area contributed by atoms with Crippen LogP contribution in [0, 0.1) is 0 Å². The van der Waals surface area contributed by atoms with Gasteiger partial charge in [-0.2, -0.15) is 0 Å². The largest absolute Gasteiger partial charge is 0.482 e. The Morgan fingerprint density at radius 2 is 1.31 bits per heavy atom.